The predicted octanol–water partition coefficient (Wildman–Crippen LogP) is 9.96. The zero-order chi connectivity index (χ0) is 28.9. The van der Waals surface area contributed by atoms with Gasteiger partial charge in [0.15, 0.2) is 11.5 Å². The highest BCUT2D eigenvalue weighted by atomic mass is 16.3. The van der Waals surface area contributed by atoms with Gasteiger partial charge in [-0.25, -0.2) is 0 Å². The van der Waals surface area contributed by atoms with E-state index >= 15 is 0 Å². The maximum atomic E-state index is 13.8. The van der Waals surface area contributed by atoms with Crippen molar-refractivity contribution in [3.8, 4) is 11.5 Å². The van der Waals surface area contributed by atoms with Gasteiger partial charge in [-0.3, -0.25) is 15.1 Å². The van der Waals surface area contributed by atoms with E-state index in [2.05, 4.69) is 133 Å². The normalized spacial score (nSPS) is 13.9. The van der Waals surface area contributed by atoms with E-state index in [1.54, 1.807) is 0 Å². The third kappa shape index (κ3) is 7.53. The van der Waals surface area contributed by atoms with E-state index in [0.717, 1.165) is 22.3 Å². The van der Waals surface area contributed by atoms with E-state index in [1.165, 1.54) is 11.1 Å². The molecular formula is C34H53NO2. The standard InChI is InChI=1S/C34H53NO2/c1-30(2,3)24-16-22(28(36)26(18-24)32(7,8)9)20-35(34(13,14)15)21-23-17-25(31(4,5)6)19-27(29(23)37)33(10,11)12/h16-19H,20-21H2,1-15H3. The van der Waals surface area contributed by atoms with Crippen molar-refractivity contribution in [2.75, 3.05) is 0 Å². The van der Waals surface area contributed by atoms with Crippen molar-refractivity contribution < 1.29 is 10.2 Å². The first kappa shape index (κ1) is 31.2. The smallest absolute Gasteiger partial charge is 0.186 e. The Hall–Kier alpha value is -2.00. The van der Waals surface area contributed by atoms with Crippen LogP contribution in [0.15, 0.2) is 24.3 Å². The van der Waals surface area contributed by atoms with Crippen molar-refractivity contribution in [1.29, 1.82) is 0 Å². The fraction of sp³-hybridized carbons (Fsp3) is 0.647. The minimum atomic E-state index is -0.246. The monoisotopic (exact) mass is 507 g/mol. The third-order valence-electron chi connectivity index (χ3n) is 7.35. The lowest BCUT2D eigenvalue weighted by molar-refractivity contribution is 0.114. The Labute approximate surface area is 228 Å². The van der Waals surface area contributed by atoms with Gasteiger partial charge in [-0.2, -0.15) is 0 Å². The Balaban J connectivity index is 2.71. The number of benzene rings is 2. The molecule has 0 aromatic heterocycles. The fourth-order valence-electron chi connectivity index (χ4n) is 4.53. The highest BCUT2D eigenvalue weighted by Crippen LogP contribution is 2.41. The van der Waals surface area contributed by atoms with Gasteiger partial charge in [0.25, 0.3) is 0 Å². The fourth-order valence-corrected chi connectivity index (χ4v) is 4.53. The number of hydrogen-bond acceptors (Lipinski definition) is 1. The molecule has 2 rings (SSSR count). The first-order chi connectivity index (χ1) is 16.3. The molecule has 3 heteroatoms. The van der Waals surface area contributed by atoms with Crippen molar-refractivity contribution in [3.63, 3.8) is 0 Å². The van der Waals surface area contributed by atoms with Crippen molar-refractivity contribution in [3.05, 3.63) is 57.6 Å². The summed E-state index contributed by atoms with van der Waals surface area (Å²) >= 11 is 0. The van der Waals surface area contributed by atoms with Crippen molar-refractivity contribution >= 4 is 0 Å². The first-order valence-electron chi connectivity index (χ1n) is 13.8. The first-order valence-corrected chi connectivity index (χ1v) is 13.8. The number of nitrogens with zero attached hydrogens (tertiary/aromatic N) is 1. The lowest BCUT2D eigenvalue weighted by atomic mass is 9.78. The lowest BCUT2D eigenvalue weighted by Gasteiger charge is -2.37. The van der Waals surface area contributed by atoms with E-state index in [9.17, 15) is 10.2 Å². The molecule has 0 saturated carbocycles. The molecule has 206 valence electrons. The summed E-state index contributed by atoms with van der Waals surface area (Å²) in [7, 11) is 0. The van der Waals surface area contributed by atoms with Gasteiger partial charge < -0.3 is 0 Å². The van der Waals surface area contributed by atoms with Crippen molar-refractivity contribution in [1.82, 2.24) is 4.90 Å². The summed E-state index contributed by atoms with van der Waals surface area (Å²) in [5, 5.41) is 27.5. The summed E-state index contributed by atoms with van der Waals surface area (Å²) in [5.74, 6) is 0.242. The Morgan fingerprint density at radius 2 is 0.784 bits per heavy atom. The topological polar surface area (TPSA) is 43.0 Å². The SMILES string of the molecule is CC(C)(C)c1cc(CN(Cc2cc(C(C)(C)C)cc(C(C)(C)C)c2[O])C(C)(C)C)c([O])c(C(C)(C)C)c1. The summed E-state index contributed by atoms with van der Waals surface area (Å²) in [6.45, 7) is 33.3. The van der Waals surface area contributed by atoms with Gasteiger partial charge >= 0.3 is 0 Å². The third-order valence-corrected chi connectivity index (χ3v) is 7.35. The van der Waals surface area contributed by atoms with E-state index in [0.29, 0.717) is 13.1 Å². The molecule has 2 radical (unpaired) electrons. The van der Waals surface area contributed by atoms with Crippen LogP contribution in [0.3, 0.4) is 0 Å². The zero-order valence-corrected chi connectivity index (χ0v) is 26.5. The lowest BCUT2D eigenvalue weighted by Crippen LogP contribution is -2.40. The second-order valence-corrected chi connectivity index (χ2v) is 16.1. The molecule has 37 heavy (non-hydrogen) atoms. The van der Waals surface area contributed by atoms with Crippen LogP contribution in [0.1, 0.15) is 137 Å². The van der Waals surface area contributed by atoms with E-state index in [1.807, 2.05) is 0 Å². The van der Waals surface area contributed by atoms with Gasteiger partial charge in [0.1, 0.15) is 0 Å². The molecule has 0 unspecified atom stereocenters. The molecule has 2 aromatic carbocycles. The summed E-state index contributed by atoms with van der Waals surface area (Å²) in [6.07, 6.45) is 0. The van der Waals surface area contributed by atoms with Crippen LogP contribution in [-0.2, 0) is 45.0 Å². The molecule has 2 aromatic rings. The van der Waals surface area contributed by atoms with Gasteiger partial charge in [-0.05, 0) is 53.6 Å². The quantitative estimate of drug-likeness (QED) is 0.406. The highest BCUT2D eigenvalue weighted by molar-refractivity contribution is 5.50. The van der Waals surface area contributed by atoms with E-state index in [4.69, 9.17) is 0 Å². The molecule has 0 bridgehead atoms. The molecule has 0 fully saturated rings. The average molecular weight is 508 g/mol. The Kier molecular flexibility index (Phi) is 8.40. The second kappa shape index (κ2) is 9.95. The molecule has 3 nitrogen and oxygen atoms in total. The zero-order valence-electron chi connectivity index (χ0n) is 26.5. The second-order valence-electron chi connectivity index (χ2n) is 16.1. The van der Waals surface area contributed by atoms with Crippen LogP contribution < -0.4 is 0 Å². The van der Waals surface area contributed by atoms with Crippen LogP contribution in [0.25, 0.3) is 0 Å². The van der Waals surface area contributed by atoms with Gasteiger partial charge in [-0.1, -0.05) is 107 Å². The van der Waals surface area contributed by atoms with Crippen LogP contribution in [0, 0.1) is 0 Å². The molecule has 0 aliphatic carbocycles. The van der Waals surface area contributed by atoms with Crippen LogP contribution in [0.4, 0.5) is 0 Å². The molecular weight excluding hydrogens is 454 g/mol. The molecule has 0 N–H and O–H groups in total. The van der Waals surface area contributed by atoms with Crippen LogP contribution in [0.2, 0.25) is 0 Å². The number of hydrogen-bond donors (Lipinski definition) is 0. The van der Waals surface area contributed by atoms with E-state index < -0.39 is 0 Å². The Morgan fingerprint density at radius 3 is 1.00 bits per heavy atom. The van der Waals surface area contributed by atoms with Gasteiger partial charge in [0, 0.05) is 40.9 Å². The molecule has 0 spiro atoms. The molecule has 0 aliphatic heterocycles. The Morgan fingerprint density at radius 1 is 0.486 bits per heavy atom. The molecule has 0 atom stereocenters. The summed E-state index contributed by atoms with van der Waals surface area (Å²) in [4.78, 5) is 2.29. The summed E-state index contributed by atoms with van der Waals surface area (Å²) in [6, 6.07) is 8.40. The maximum absolute atomic E-state index is 13.8. The number of rotatable bonds is 4. The molecule has 0 heterocycles. The minimum Gasteiger partial charge on any atom is -0.290 e. The predicted molar refractivity (Wildman–Crippen MR) is 157 cm³/mol. The minimum absolute atomic E-state index is 0.0696. The van der Waals surface area contributed by atoms with Crippen molar-refractivity contribution in [2.45, 2.75) is 144 Å². The van der Waals surface area contributed by atoms with Gasteiger partial charge in [-0.15, -0.1) is 0 Å². The van der Waals surface area contributed by atoms with Crippen LogP contribution in [-0.4, -0.2) is 10.4 Å². The maximum Gasteiger partial charge on any atom is 0.186 e. The van der Waals surface area contributed by atoms with Crippen LogP contribution >= 0.6 is 0 Å². The summed E-state index contributed by atoms with van der Waals surface area (Å²) < 4.78 is 0. The van der Waals surface area contributed by atoms with Crippen LogP contribution in [0.5, 0.6) is 11.5 Å². The highest BCUT2D eigenvalue weighted by Gasteiger charge is 2.31. The average Bonchev–Trinajstić information content (AvgIpc) is 2.65. The Bertz CT molecular complexity index is 1020. The van der Waals surface area contributed by atoms with E-state index in [-0.39, 0.29) is 38.7 Å². The molecule has 0 aliphatic rings. The van der Waals surface area contributed by atoms with Gasteiger partial charge in [0.2, 0.25) is 0 Å². The summed E-state index contributed by atoms with van der Waals surface area (Å²) in [5.41, 5.74) is 4.82. The van der Waals surface area contributed by atoms with Gasteiger partial charge in [0.05, 0.1) is 0 Å². The largest absolute Gasteiger partial charge is 0.290 e. The molecule has 0 amide bonds. The van der Waals surface area contributed by atoms with Crippen molar-refractivity contribution in [2.24, 2.45) is 0 Å². The molecule has 0 saturated heterocycles.